The third-order valence-corrected chi connectivity index (χ3v) is 3.22. The Balaban J connectivity index is 1.72. The Kier molecular flexibility index (Phi) is 4.16. The van der Waals surface area contributed by atoms with Gasteiger partial charge in [-0.15, -0.1) is 0 Å². The second-order valence-corrected chi connectivity index (χ2v) is 4.90. The van der Waals surface area contributed by atoms with Gasteiger partial charge >= 0.3 is 0 Å². The van der Waals surface area contributed by atoms with Crippen molar-refractivity contribution in [2.75, 3.05) is 0 Å². The monoisotopic (exact) mass is 314 g/mol. The van der Waals surface area contributed by atoms with Crippen LogP contribution in [0.4, 0.5) is 0 Å². The molecular weight excluding hydrogens is 304 g/mol. The summed E-state index contributed by atoms with van der Waals surface area (Å²) in [5.41, 5.74) is 1.27. The zero-order valence-electron chi connectivity index (χ0n) is 11.4. The maximum atomic E-state index is 10.9. The van der Waals surface area contributed by atoms with E-state index in [-0.39, 0.29) is 6.61 Å². The highest BCUT2D eigenvalue weighted by atomic mass is 35.5. The first-order valence-electron chi connectivity index (χ1n) is 6.52. The van der Waals surface area contributed by atoms with Crippen LogP contribution in [-0.4, -0.2) is 16.4 Å². The van der Waals surface area contributed by atoms with Gasteiger partial charge in [-0.1, -0.05) is 28.9 Å². The van der Waals surface area contributed by atoms with Gasteiger partial charge in [0.05, 0.1) is 5.56 Å². The van der Waals surface area contributed by atoms with Crippen LogP contribution in [0.15, 0.2) is 53.1 Å². The molecule has 1 aromatic heterocycles. The summed E-state index contributed by atoms with van der Waals surface area (Å²) < 4.78 is 10.7. The fraction of sp³-hybridized carbons (Fsp3) is 0.0625. The van der Waals surface area contributed by atoms with Crippen LogP contribution >= 0.6 is 11.6 Å². The molecule has 0 spiro atoms. The number of aromatic nitrogens is 2. The molecule has 0 fully saturated rings. The fourth-order valence-corrected chi connectivity index (χ4v) is 2.00. The standard InChI is InChI=1S/C16H11ClN2O3/c17-13-7-5-11(6-8-13)16-18-15(22-19-16)10-21-14-4-2-1-3-12(14)9-20/h1-9H,10H2. The smallest absolute Gasteiger partial charge is 0.264 e. The molecule has 0 saturated heterocycles. The molecule has 0 amide bonds. The molecule has 0 unspecified atom stereocenters. The van der Waals surface area contributed by atoms with Crippen LogP contribution in [0.3, 0.4) is 0 Å². The molecule has 6 heteroatoms. The quantitative estimate of drug-likeness (QED) is 0.670. The Hall–Kier alpha value is -2.66. The predicted molar refractivity (Wildman–Crippen MR) is 80.9 cm³/mol. The minimum Gasteiger partial charge on any atom is -0.483 e. The van der Waals surface area contributed by atoms with E-state index in [0.29, 0.717) is 28.1 Å². The van der Waals surface area contributed by atoms with Gasteiger partial charge in [0.15, 0.2) is 12.9 Å². The number of aldehydes is 1. The summed E-state index contributed by atoms with van der Waals surface area (Å²) in [5, 5.41) is 4.53. The number of hydrogen-bond acceptors (Lipinski definition) is 5. The average Bonchev–Trinajstić information content (AvgIpc) is 3.03. The lowest BCUT2D eigenvalue weighted by Crippen LogP contribution is -1.98. The Morgan fingerprint density at radius 2 is 1.91 bits per heavy atom. The highest BCUT2D eigenvalue weighted by molar-refractivity contribution is 6.30. The number of carbonyl (C=O) groups excluding carboxylic acids is 1. The summed E-state index contributed by atoms with van der Waals surface area (Å²) in [6.07, 6.45) is 0.738. The number of halogens is 1. The largest absolute Gasteiger partial charge is 0.483 e. The van der Waals surface area contributed by atoms with E-state index in [1.165, 1.54) is 0 Å². The maximum Gasteiger partial charge on any atom is 0.264 e. The van der Waals surface area contributed by atoms with E-state index in [1.807, 2.05) is 0 Å². The first-order chi connectivity index (χ1) is 10.8. The maximum absolute atomic E-state index is 10.9. The molecule has 0 bridgehead atoms. The number of para-hydroxylation sites is 1. The summed E-state index contributed by atoms with van der Waals surface area (Å²) in [7, 11) is 0. The van der Waals surface area contributed by atoms with Gasteiger partial charge in [-0.25, -0.2) is 0 Å². The Bertz CT molecular complexity index is 784. The predicted octanol–water partition coefficient (Wildman–Crippen LogP) is 3.78. The molecule has 0 aliphatic heterocycles. The van der Waals surface area contributed by atoms with E-state index in [0.717, 1.165) is 11.8 Å². The summed E-state index contributed by atoms with van der Waals surface area (Å²) in [5.74, 6) is 1.26. The van der Waals surface area contributed by atoms with E-state index in [2.05, 4.69) is 10.1 Å². The van der Waals surface area contributed by atoms with E-state index in [1.54, 1.807) is 48.5 Å². The second kappa shape index (κ2) is 6.41. The average molecular weight is 315 g/mol. The number of carbonyl (C=O) groups is 1. The van der Waals surface area contributed by atoms with Crippen molar-refractivity contribution in [1.29, 1.82) is 0 Å². The van der Waals surface area contributed by atoms with E-state index < -0.39 is 0 Å². The van der Waals surface area contributed by atoms with Crippen LogP contribution < -0.4 is 4.74 Å². The lowest BCUT2D eigenvalue weighted by molar-refractivity contribution is 0.111. The highest BCUT2D eigenvalue weighted by Crippen LogP contribution is 2.20. The molecule has 0 saturated carbocycles. The minimum atomic E-state index is 0.0887. The van der Waals surface area contributed by atoms with Crippen molar-refractivity contribution in [1.82, 2.24) is 10.1 Å². The van der Waals surface area contributed by atoms with Gasteiger partial charge < -0.3 is 9.26 Å². The molecule has 1 heterocycles. The summed E-state index contributed by atoms with van der Waals surface area (Å²) in [4.78, 5) is 15.2. The van der Waals surface area contributed by atoms with Crippen molar-refractivity contribution in [3.63, 3.8) is 0 Å². The van der Waals surface area contributed by atoms with Crippen molar-refractivity contribution >= 4 is 17.9 Å². The third kappa shape index (κ3) is 3.15. The second-order valence-electron chi connectivity index (χ2n) is 4.46. The summed E-state index contributed by atoms with van der Waals surface area (Å²) in [6, 6.07) is 14.1. The van der Waals surface area contributed by atoms with Crippen LogP contribution in [0.5, 0.6) is 5.75 Å². The van der Waals surface area contributed by atoms with Gasteiger partial charge in [-0.2, -0.15) is 4.98 Å². The molecule has 5 nitrogen and oxygen atoms in total. The molecule has 2 aromatic carbocycles. The van der Waals surface area contributed by atoms with E-state index in [4.69, 9.17) is 20.9 Å². The number of rotatable bonds is 5. The Labute approximate surface area is 131 Å². The molecule has 3 rings (SSSR count). The van der Waals surface area contributed by atoms with Gasteiger partial charge in [-0.05, 0) is 36.4 Å². The van der Waals surface area contributed by atoms with Crippen LogP contribution in [0.2, 0.25) is 5.02 Å². The number of benzene rings is 2. The number of ether oxygens (including phenoxy) is 1. The summed E-state index contributed by atoms with van der Waals surface area (Å²) >= 11 is 5.84. The van der Waals surface area contributed by atoms with Gasteiger partial charge in [0.25, 0.3) is 5.89 Å². The number of nitrogens with zero attached hydrogens (tertiary/aromatic N) is 2. The Morgan fingerprint density at radius 3 is 2.68 bits per heavy atom. The van der Waals surface area contributed by atoms with Crippen LogP contribution in [0.1, 0.15) is 16.2 Å². The van der Waals surface area contributed by atoms with Gasteiger partial charge in [-0.3, -0.25) is 4.79 Å². The first kappa shape index (κ1) is 14.3. The molecular formula is C16H11ClN2O3. The third-order valence-electron chi connectivity index (χ3n) is 2.97. The van der Waals surface area contributed by atoms with Crippen LogP contribution in [0, 0.1) is 0 Å². The molecule has 0 atom stereocenters. The molecule has 22 heavy (non-hydrogen) atoms. The molecule has 0 aliphatic carbocycles. The van der Waals surface area contributed by atoms with Crippen LogP contribution in [-0.2, 0) is 6.61 Å². The van der Waals surface area contributed by atoms with Crippen LogP contribution in [0.25, 0.3) is 11.4 Å². The molecule has 0 aliphatic rings. The van der Waals surface area contributed by atoms with Crippen molar-refractivity contribution in [3.8, 4) is 17.1 Å². The lowest BCUT2D eigenvalue weighted by atomic mass is 10.2. The van der Waals surface area contributed by atoms with Crippen molar-refractivity contribution in [3.05, 3.63) is 65.0 Å². The minimum absolute atomic E-state index is 0.0887. The highest BCUT2D eigenvalue weighted by Gasteiger charge is 2.10. The van der Waals surface area contributed by atoms with Crippen molar-refractivity contribution in [2.24, 2.45) is 0 Å². The SMILES string of the molecule is O=Cc1ccccc1OCc1nc(-c2ccc(Cl)cc2)no1. The lowest BCUT2D eigenvalue weighted by Gasteiger charge is -2.04. The van der Waals surface area contributed by atoms with Gasteiger partial charge in [0, 0.05) is 10.6 Å². The first-order valence-corrected chi connectivity index (χ1v) is 6.89. The van der Waals surface area contributed by atoms with Gasteiger partial charge in [0.1, 0.15) is 5.75 Å². The van der Waals surface area contributed by atoms with Crippen molar-refractivity contribution < 1.29 is 14.1 Å². The van der Waals surface area contributed by atoms with Crippen molar-refractivity contribution in [2.45, 2.75) is 6.61 Å². The molecule has 0 N–H and O–H groups in total. The fourth-order valence-electron chi connectivity index (χ4n) is 1.88. The van der Waals surface area contributed by atoms with Gasteiger partial charge in [0.2, 0.25) is 5.82 Å². The molecule has 110 valence electrons. The topological polar surface area (TPSA) is 65.2 Å². The zero-order chi connectivity index (χ0) is 15.4. The normalized spacial score (nSPS) is 10.4. The van der Waals surface area contributed by atoms with E-state index >= 15 is 0 Å². The summed E-state index contributed by atoms with van der Waals surface area (Å²) in [6.45, 7) is 0.0887. The molecule has 3 aromatic rings. The van der Waals surface area contributed by atoms with E-state index in [9.17, 15) is 4.79 Å². The molecule has 0 radical (unpaired) electrons. The number of hydrogen-bond donors (Lipinski definition) is 0. The Morgan fingerprint density at radius 1 is 1.14 bits per heavy atom. The zero-order valence-corrected chi connectivity index (χ0v) is 12.2.